The van der Waals surface area contributed by atoms with Gasteiger partial charge in [-0.05, 0) is 76.5 Å². The lowest BCUT2D eigenvalue weighted by Gasteiger charge is -2.41. The molecule has 1 unspecified atom stereocenters. The molecular formula is C26H33FN4O4. The first-order valence-electron chi connectivity index (χ1n) is 12.1. The number of halogens is 1. The summed E-state index contributed by atoms with van der Waals surface area (Å²) in [6.45, 7) is 3.84. The highest BCUT2D eigenvalue weighted by Crippen LogP contribution is 2.37. The van der Waals surface area contributed by atoms with Crippen LogP contribution in [0.4, 0.5) is 9.18 Å². The molecular weight excluding hydrogens is 451 g/mol. The second-order valence-electron chi connectivity index (χ2n) is 9.82. The molecule has 2 aromatic rings. The van der Waals surface area contributed by atoms with Gasteiger partial charge < -0.3 is 19.5 Å². The SMILES string of the molecule is Cc1ccoc1C(=O)N1CCC(C2(Cc3ccc(F)cc3)NC(=O)N(CCCN(C)C)C2=O)CC1. The molecule has 0 saturated carbocycles. The van der Waals surface area contributed by atoms with Crippen LogP contribution in [0.5, 0.6) is 0 Å². The van der Waals surface area contributed by atoms with Gasteiger partial charge in [0, 0.05) is 31.6 Å². The van der Waals surface area contributed by atoms with Gasteiger partial charge in [-0.1, -0.05) is 12.1 Å². The molecule has 2 aliphatic heterocycles. The summed E-state index contributed by atoms with van der Waals surface area (Å²) in [5, 5.41) is 3.03. The Labute approximate surface area is 205 Å². The average molecular weight is 485 g/mol. The molecule has 0 aliphatic carbocycles. The molecule has 9 heteroatoms. The number of nitrogens with zero attached hydrogens (tertiary/aromatic N) is 3. The quantitative estimate of drug-likeness (QED) is 0.582. The van der Waals surface area contributed by atoms with E-state index in [2.05, 4.69) is 5.32 Å². The van der Waals surface area contributed by atoms with E-state index >= 15 is 0 Å². The second-order valence-corrected chi connectivity index (χ2v) is 9.82. The number of hydrogen-bond donors (Lipinski definition) is 1. The van der Waals surface area contributed by atoms with E-state index in [-0.39, 0.29) is 36.0 Å². The van der Waals surface area contributed by atoms with Gasteiger partial charge in [0.15, 0.2) is 5.76 Å². The third-order valence-corrected chi connectivity index (χ3v) is 7.12. The number of carbonyl (C=O) groups excluding carboxylic acids is 3. The minimum Gasteiger partial charge on any atom is -0.459 e. The van der Waals surface area contributed by atoms with E-state index in [4.69, 9.17) is 4.42 Å². The highest BCUT2D eigenvalue weighted by molar-refractivity contribution is 6.07. The Morgan fingerprint density at radius 2 is 1.86 bits per heavy atom. The van der Waals surface area contributed by atoms with Gasteiger partial charge in [-0.25, -0.2) is 9.18 Å². The normalized spacial score (nSPS) is 21.2. The van der Waals surface area contributed by atoms with Gasteiger partial charge in [0.05, 0.1) is 6.26 Å². The third-order valence-electron chi connectivity index (χ3n) is 7.12. The summed E-state index contributed by atoms with van der Waals surface area (Å²) in [5.41, 5.74) is 0.444. The van der Waals surface area contributed by atoms with Crippen molar-refractivity contribution in [1.29, 1.82) is 0 Å². The lowest BCUT2D eigenvalue weighted by molar-refractivity contribution is -0.134. The predicted octanol–water partition coefficient (Wildman–Crippen LogP) is 3.06. The molecule has 2 saturated heterocycles. The smallest absolute Gasteiger partial charge is 0.325 e. The zero-order chi connectivity index (χ0) is 25.2. The highest BCUT2D eigenvalue weighted by atomic mass is 19.1. The molecule has 0 spiro atoms. The number of urea groups is 1. The van der Waals surface area contributed by atoms with Gasteiger partial charge in [0.1, 0.15) is 11.4 Å². The maximum absolute atomic E-state index is 13.8. The fourth-order valence-corrected chi connectivity index (χ4v) is 5.17. The first-order valence-corrected chi connectivity index (χ1v) is 12.1. The van der Waals surface area contributed by atoms with Crippen molar-refractivity contribution in [2.75, 3.05) is 40.3 Å². The van der Waals surface area contributed by atoms with Crippen LogP contribution in [-0.2, 0) is 11.2 Å². The van der Waals surface area contributed by atoms with Crippen LogP contribution in [0.2, 0.25) is 0 Å². The Balaban J connectivity index is 1.54. The monoisotopic (exact) mass is 484 g/mol. The number of carbonyl (C=O) groups is 3. The molecule has 2 fully saturated rings. The maximum Gasteiger partial charge on any atom is 0.325 e. The van der Waals surface area contributed by atoms with Gasteiger partial charge in [-0.3, -0.25) is 14.5 Å². The number of furan rings is 1. The molecule has 4 amide bonds. The van der Waals surface area contributed by atoms with Crippen LogP contribution in [-0.4, -0.2) is 78.4 Å². The van der Waals surface area contributed by atoms with Crippen LogP contribution in [0.3, 0.4) is 0 Å². The number of piperidine rings is 1. The number of aryl methyl sites for hydroxylation is 1. The maximum atomic E-state index is 13.8. The van der Waals surface area contributed by atoms with Crippen molar-refractivity contribution in [1.82, 2.24) is 20.0 Å². The van der Waals surface area contributed by atoms with Crippen LogP contribution >= 0.6 is 0 Å². The van der Waals surface area contributed by atoms with Crippen LogP contribution in [0, 0.1) is 18.7 Å². The standard InChI is InChI=1S/C26H33FN4O4/c1-18-11-16-35-22(18)23(32)30-14-9-20(10-15-30)26(17-19-5-7-21(27)8-6-19)24(33)31(25(34)28-26)13-4-12-29(2)3/h5-8,11,16,20H,4,9-10,12-15,17H2,1-3H3,(H,28,34). The molecule has 0 bridgehead atoms. The van der Waals surface area contributed by atoms with E-state index in [1.807, 2.05) is 25.9 Å². The molecule has 3 heterocycles. The minimum atomic E-state index is -1.12. The van der Waals surface area contributed by atoms with Crippen LogP contribution in [0.25, 0.3) is 0 Å². The summed E-state index contributed by atoms with van der Waals surface area (Å²) in [6.07, 6.45) is 3.57. The molecule has 1 aromatic heterocycles. The number of amides is 4. The van der Waals surface area contributed by atoms with E-state index in [1.165, 1.54) is 23.3 Å². The molecule has 1 atom stereocenters. The average Bonchev–Trinajstić information content (AvgIpc) is 3.36. The van der Waals surface area contributed by atoms with Gasteiger partial charge in [0.25, 0.3) is 11.8 Å². The van der Waals surface area contributed by atoms with Crippen LogP contribution < -0.4 is 5.32 Å². The Kier molecular flexibility index (Phi) is 7.25. The Bertz CT molecular complexity index is 1080. The lowest BCUT2D eigenvalue weighted by atomic mass is 9.74. The second kappa shape index (κ2) is 10.2. The third kappa shape index (κ3) is 5.10. The number of rotatable bonds is 8. The topological polar surface area (TPSA) is 86.1 Å². The fraction of sp³-hybridized carbons (Fsp3) is 0.500. The summed E-state index contributed by atoms with van der Waals surface area (Å²) in [5.74, 6) is -0.579. The van der Waals surface area contributed by atoms with Crippen LogP contribution in [0.1, 0.15) is 40.9 Å². The van der Waals surface area contributed by atoms with Gasteiger partial charge in [0.2, 0.25) is 0 Å². The fourth-order valence-electron chi connectivity index (χ4n) is 5.17. The zero-order valence-corrected chi connectivity index (χ0v) is 20.6. The van der Waals surface area contributed by atoms with Crippen molar-refractivity contribution < 1.29 is 23.2 Å². The number of benzene rings is 1. The summed E-state index contributed by atoms with van der Waals surface area (Å²) in [6, 6.07) is 7.42. The molecule has 0 radical (unpaired) electrons. The van der Waals surface area contributed by atoms with Crippen molar-refractivity contribution in [3.8, 4) is 0 Å². The van der Waals surface area contributed by atoms with Crippen molar-refractivity contribution >= 4 is 17.8 Å². The molecule has 188 valence electrons. The van der Waals surface area contributed by atoms with Gasteiger partial charge >= 0.3 is 6.03 Å². The molecule has 4 rings (SSSR count). The highest BCUT2D eigenvalue weighted by Gasteiger charge is 2.55. The van der Waals surface area contributed by atoms with Crippen molar-refractivity contribution in [2.24, 2.45) is 5.92 Å². The Morgan fingerprint density at radius 3 is 2.46 bits per heavy atom. The van der Waals surface area contributed by atoms with Crippen molar-refractivity contribution in [3.05, 3.63) is 59.3 Å². The van der Waals surface area contributed by atoms with Crippen molar-refractivity contribution in [2.45, 2.75) is 38.1 Å². The summed E-state index contributed by atoms with van der Waals surface area (Å²) in [4.78, 5) is 44.7. The minimum absolute atomic E-state index is 0.161. The predicted molar refractivity (Wildman–Crippen MR) is 128 cm³/mol. The van der Waals surface area contributed by atoms with Gasteiger partial charge in [-0.15, -0.1) is 0 Å². The first kappa shape index (κ1) is 24.9. The number of imide groups is 1. The first-order chi connectivity index (χ1) is 16.7. The van der Waals surface area contributed by atoms with Crippen LogP contribution in [0.15, 0.2) is 41.0 Å². The number of hydrogen-bond acceptors (Lipinski definition) is 5. The van der Waals surface area contributed by atoms with Gasteiger partial charge in [-0.2, -0.15) is 0 Å². The molecule has 1 N–H and O–H groups in total. The van der Waals surface area contributed by atoms with E-state index in [1.54, 1.807) is 23.1 Å². The zero-order valence-electron chi connectivity index (χ0n) is 20.6. The van der Waals surface area contributed by atoms with E-state index in [0.717, 1.165) is 17.7 Å². The van der Waals surface area contributed by atoms with E-state index in [9.17, 15) is 18.8 Å². The van der Waals surface area contributed by atoms with Crippen molar-refractivity contribution in [3.63, 3.8) is 0 Å². The molecule has 2 aliphatic rings. The molecule has 8 nitrogen and oxygen atoms in total. The largest absolute Gasteiger partial charge is 0.459 e. The Morgan fingerprint density at radius 1 is 1.17 bits per heavy atom. The molecule has 35 heavy (non-hydrogen) atoms. The lowest BCUT2D eigenvalue weighted by Crippen LogP contribution is -2.58. The number of nitrogens with one attached hydrogen (secondary N) is 1. The molecule has 1 aromatic carbocycles. The summed E-state index contributed by atoms with van der Waals surface area (Å²) < 4.78 is 18.9. The van der Waals surface area contributed by atoms with E-state index < -0.39 is 5.54 Å². The number of likely N-dealkylation sites (tertiary alicyclic amines) is 1. The summed E-state index contributed by atoms with van der Waals surface area (Å²) in [7, 11) is 3.90. The Hall–Kier alpha value is -3.20. The van der Waals surface area contributed by atoms with E-state index in [0.29, 0.717) is 44.7 Å². The summed E-state index contributed by atoms with van der Waals surface area (Å²) >= 11 is 0.